The van der Waals surface area contributed by atoms with Gasteiger partial charge in [0.2, 0.25) is 0 Å². The van der Waals surface area contributed by atoms with Gasteiger partial charge in [-0.3, -0.25) is 9.69 Å². The molecule has 1 heterocycles. The van der Waals surface area contributed by atoms with E-state index < -0.39 is 6.61 Å². The van der Waals surface area contributed by atoms with Crippen LogP contribution in [0.4, 0.5) is 0 Å². The summed E-state index contributed by atoms with van der Waals surface area (Å²) < 4.78 is 4.98. The summed E-state index contributed by atoms with van der Waals surface area (Å²) in [4.78, 5) is 15.1. The summed E-state index contributed by atoms with van der Waals surface area (Å²) in [6, 6.07) is 0. The van der Waals surface area contributed by atoms with Crippen LogP contribution in [0.15, 0.2) is 0 Å². The van der Waals surface area contributed by atoms with Crippen LogP contribution in [0.3, 0.4) is 0 Å². The Bertz CT molecular complexity index is 191. The molecule has 0 unspecified atom stereocenters. The average Bonchev–Trinajstić information content (AvgIpc) is 2.29. The van der Waals surface area contributed by atoms with Crippen LogP contribution in [0.25, 0.3) is 0 Å². The topological polar surface area (TPSA) is 52.7 Å². The fraction of sp³-hybridized carbons (Fsp3) is 0.900. The molecule has 5 nitrogen and oxygen atoms in total. The van der Waals surface area contributed by atoms with Crippen molar-refractivity contribution in [2.45, 2.75) is 6.42 Å². The van der Waals surface area contributed by atoms with E-state index >= 15 is 0 Å². The molecular weight excluding hydrogens is 196 g/mol. The molecule has 0 atom stereocenters. The fourth-order valence-electron chi connectivity index (χ4n) is 1.74. The molecule has 0 bridgehead atoms. The zero-order chi connectivity index (χ0) is 11.1. The minimum atomic E-state index is -0.621. The predicted octanol–water partition coefficient (Wildman–Crippen LogP) is -0.402. The first-order chi connectivity index (χ1) is 7.27. The lowest BCUT2D eigenvalue weighted by Crippen LogP contribution is -2.49. The highest BCUT2D eigenvalue weighted by Crippen LogP contribution is 2.02. The summed E-state index contributed by atoms with van der Waals surface area (Å²) in [6.07, 6.45) is 1.02. The van der Waals surface area contributed by atoms with E-state index in [1.54, 1.807) is 12.0 Å². The Hall–Kier alpha value is -0.650. The van der Waals surface area contributed by atoms with Crippen LogP contribution in [-0.4, -0.2) is 68.8 Å². The van der Waals surface area contributed by atoms with Crippen molar-refractivity contribution in [3.05, 3.63) is 0 Å². The number of carbonyl (C=O) groups excluding carboxylic acids is 1. The standard InChI is InChI=1S/C10H19N2O3/c1-15-8-2-3-11-4-6-12(7-5-11)10(14)9-13/h2-9H2,1H3. The molecule has 0 saturated carbocycles. The Morgan fingerprint density at radius 2 is 1.93 bits per heavy atom. The third-order valence-corrected chi connectivity index (χ3v) is 2.67. The summed E-state index contributed by atoms with van der Waals surface area (Å²) in [6.45, 7) is 4.28. The van der Waals surface area contributed by atoms with Crippen molar-refractivity contribution in [2.24, 2.45) is 0 Å². The highest BCUT2D eigenvalue weighted by Gasteiger charge is 2.19. The second-order valence-electron chi connectivity index (χ2n) is 3.71. The molecule has 1 aliphatic rings. The Morgan fingerprint density at radius 1 is 1.27 bits per heavy atom. The van der Waals surface area contributed by atoms with Crippen LogP contribution in [0, 0.1) is 0 Å². The van der Waals surface area contributed by atoms with Crippen molar-refractivity contribution >= 4 is 5.91 Å². The molecule has 0 spiro atoms. The molecule has 0 aliphatic carbocycles. The van der Waals surface area contributed by atoms with Gasteiger partial charge in [0, 0.05) is 46.4 Å². The van der Waals surface area contributed by atoms with Gasteiger partial charge >= 0.3 is 0 Å². The molecule has 1 rings (SSSR count). The Labute approximate surface area is 90.6 Å². The van der Waals surface area contributed by atoms with Gasteiger partial charge in [-0.25, -0.2) is 5.11 Å². The van der Waals surface area contributed by atoms with Crippen LogP contribution in [0.1, 0.15) is 6.42 Å². The van der Waals surface area contributed by atoms with Gasteiger partial charge < -0.3 is 9.64 Å². The third-order valence-electron chi connectivity index (χ3n) is 2.67. The molecule has 1 aliphatic heterocycles. The lowest BCUT2D eigenvalue weighted by Gasteiger charge is -2.34. The van der Waals surface area contributed by atoms with Crippen LogP contribution in [0.5, 0.6) is 0 Å². The molecule has 5 heteroatoms. The lowest BCUT2D eigenvalue weighted by molar-refractivity contribution is -0.137. The molecule has 0 aromatic rings. The second kappa shape index (κ2) is 6.76. The number of piperazine rings is 1. The van der Waals surface area contributed by atoms with E-state index in [9.17, 15) is 9.90 Å². The van der Waals surface area contributed by atoms with Gasteiger partial charge in [-0.15, -0.1) is 0 Å². The summed E-state index contributed by atoms with van der Waals surface area (Å²) in [5, 5.41) is 10.4. The first-order valence-corrected chi connectivity index (χ1v) is 5.35. The second-order valence-corrected chi connectivity index (χ2v) is 3.71. The molecule has 15 heavy (non-hydrogen) atoms. The Morgan fingerprint density at radius 3 is 2.47 bits per heavy atom. The van der Waals surface area contributed by atoms with Crippen molar-refractivity contribution in [3.63, 3.8) is 0 Å². The first kappa shape index (κ1) is 12.4. The van der Waals surface area contributed by atoms with Crippen LogP contribution in [0.2, 0.25) is 0 Å². The molecule has 1 saturated heterocycles. The largest absolute Gasteiger partial charge is 0.385 e. The quantitative estimate of drug-likeness (QED) is 0.586. The number of nitrogens with zero attached hydrogens (tertiary/aromatic N) is 2. The number of hydrogen-bond acceptors (Lipinski definition) is 3. The number of methoxy groups -OCH3 is 1. The summed E-state index contributed by atoms with van der Waals surface area (Å²) in [7, 11) is 1.70. The highest BCUT2D eigenvalue weighted by molar-refractivity contribution is 5.77. The van der Waals surface area contributed by atoms with Gasteiger partial charge in [-0.1, -0.05) is 0 Å². The minimum Gasteiger partial charge on any atom is -0.385 e. The molecule has 1 amide bonds. The minimum absolute atomic E-state index is 0.272. The number of amides is 1. The van der Waals surface area contributed by atoms with Crippen LogP contribution in [-0.2, 0) is 14.6 Å². The fourth-order valence-corrected chi connectivity index (χ4v) is 1.74. The molecule has 0 aromatic heterocycles. The average molecular weight is 215 g/mol. The summed E-state index contributed by atoms with van der Waals surface area (Å²) in [5.74, 6) is -0.272. The number of ether oxygens (including phenoxy) is 1. The molecule has 0 aromatic carbocycles. The van der Waals surface area contributed by atoms with E-state index in [1.165, 1.54) is 0 Å². The van der Waals surface area contributed by atoms with Crippen LogP contribution < -0.4 is 0 Å². The molecule has 87 valence electrons. The maximum absolute atomic E-state index is 11.1. The molecular formula is C10H19N2O3. The normalized spacial score (nSPS) is 18.1. The van der Waals surface area contributed by atoms with Gasteiger partial charge in [0.1, 0.15) is 0 Å². The highest BCUT2D eigenvalue weighted by atomic mass is 16.5. The van der Waals surface area contributed by atoms with Crippen molar-refractivity contribution in [1.29, 1.82) is 0 Å². The number of rotatable bonds is 5. The zero-order valence-electron chi connectivity index (χ0n) is 9.28. The SMILES string of the molecule is COCCCN1CCN(C(=O)C[O])CC1. The van der Waals surface area contributed by atoms with Crippen molar-refractivity contribution in [2.75, 3.05) is 53.0 Å². The smallest absolute Gasteiger partial charge is 0.252 e. The maximum atomic E-state index is 11.1. The van der Waals surface area contributed by atoms with Gasteiger partial charge in [0.15, 0.2) is 6.61 Å². The van der Waals surface area contributed by atoms with Gasteiger partial charge in [0.05, 0.1) is 0 Å². The Balaban J connectivity index is 2.15. The zero-order valence-corrected chi connectivity index (χ0v) is 9.28. The summed E-state index contributed by atoms with van der Waals surface area (Å²) >= 11 is 0. The van der Waals surface area contributed by atoms with E-state index in [0.29, 0.717) is 13.1 Å². The van der Waals surface area contributed by atoms with Gasteiger partial charge in [-0.05, 0) is 6.42 Å². The van der Waals surface area contributed by atoms with E-state index in [0.717, 1.165) is 32.7 Å². The van der Waals surface area contributed by atoms with E-state index in [2.05, 4.69) is 4.90 Å². The van der Waals surface area contributed by atoms with E-state index in [1.807, 2.05) is 0 Å². The van der Waals surface area contributed by atoms with Gasteiger partial charge in [-0.2, -0.15) is 0 Å². The predicted molar refractivity (Wildman–Crippen MR) is 55.1 cm³/mol. The van der Waals surface area contributed by atoms with Crippen molar-refractivity contribution in [3.8, 4) is 0 Å². The monoisotopic (exact) mass is 215 g/mol. The van der Waals surface area contributed by atoms with Gasteiger partial charge in [0.25, 0.3) is 5.91 Å². The molecule has 1 fully saturated rings. The first-order valence-electron chi connectivity index (χ1n) is 5.35. The third kappa shape index (κ3) is 4.15. The van der Waals surface area contributed by atoms with E-state index in [-0.39, 0.29) is 5.91 Å². The number of carbonyl (C=O) groups is 1. The number of hydrogen-bond donors (Lipinski definition) is 0. The Kier molecular flexibility index (Phi) is 5.60. The molecule has 1 radical (unpaired) electrons. The molecule has 0 N–H and O–H groups in total. The van der Waals surface area contributed by atoms with Crippen LogP contribution >= 0.6 is 0 Å². The summed E-state index contributed by atoms with van der Waals surface area (Å²) in [5.41, 5.74) is 0. The van der Waals surface area contributed by atoms with E-state index in [4.69, 9.17) is 4.74 Å². The van der Waals surface area contributed by atoms with Crippen molar-refractivity contribution < 1.29 is 14.6 Å². The lowest BCUT2D eigenvalue weighted by atomic mass is 10.3. The van der Waals surface area contributed by atoms with Crippen molar-refractivity contribution in [1.82, 2.24) is 9.80 Å². The maximum Gasteiger partial charge on any atom is 0.252 e.